The van der Waals surface area contributed by atoms with Crippen molar-refractivity contribution in [3.8, 4) is 6.07 Å². The molecule has 2 aromatic heterocycles. The number of rotatable bonds is 2. The minimum absolute atomic E-state index is 0.373. The van der Waals surface area contributed by atoms with E-state index in [4.69, 9.17) is 5.26 Å². The van der Waals surface area contributed by atoms with Crippen molar-refractivity contribution in [2.45, 2.75) is 6.92 Å². The third kappa shape index (κ3) is 2.26. The zero-order valence-corrected chi connectivity index (χ0v) is 11.0. The van der Waals surface area contributed by atoms with Crippen molar-refractivity contribution in [2.75, 3.05) is 5.32 Å². The number of hydrogen-bond acceptors (Lipinski definition) is 5. The second-order valence-electron chi connectivity index (χ2n) is 4.13. The molecule has 2 heterocycles. The Morgan fingerprint density at radius 2 is 2.21 bits per heavy atom. The molecule has 0 saturated heterocycles. The van der Waals surface area contributed by atoms with E-state index in [1.807, 2.05) is 18.2 Å². The Labute approximate surface area is 114 Å². The normalized spacial score (nSPS) is 10.3. The van der Waals surface area contributed by atoms with E-state index in [0.29, 0.717) is 11.4 Å². The molecule has 4 nitrogen and oxygen atoms in total. The summed E-state index contributed by atoms with van der Waals surface area (Å²) < 4.78 is 1.13. The molecule has 0 fully saturated rings. The van der Waals surface area contributed by atoms with Crippen LogP contribution in [0.1, 0.15) is 11.3 Å². The number of nitrogens with zero attached hydrogens (tertiary/aromatic N) is 3. The van der Waals surface area contributed by atoms with Crippen molar-refractivity contribution < 1.29 is 0 Å². The van der Waals surface area contributed by atoms with Crippen LogP contribution >= 0.6 is 11.3 Å². The van der Waals surface area contributed by atoms with Gasteiger partial charge in [0.2, 0.25) is 0 Å². The number of hydrogen-bond donors (Lipinski definition) is 1. The van der Waals surface area contributed by atoms with Crippen LogP contribution in [0, 0.1) is 18.3 Å². The fraction of sp³-hybridized carbons (Fsp3) is 0.0714. The number of thiazole rings is 1. The average molecular weight is 266 g/mol. The predicted octanol–water partition coefficient (Wildman–Crippen LogP) is 3.62. The molecule has 0 aliphatic heterocycles. The highest BCUT2D eigenvalue weighted by atomic mass is 32.1. The Morgan fingerprint density at radius 3 is 3.05 bits per heavy atom. The quantitative estimate of drug-likeness (QED) is 0.769. The maximum Gasteiger partial charge on any atom is 0.188 e. The summed E-state index contributed by atoms with van der Waals surface area (Å²) in [6, 6.07) is 11.8. The summed E-state index contributed by atoms with van der Waals surface area (Å²) in [6.45, 7) is 2.06. The molecule has 19 heavy (non-hydrogen) atoms. The summed E-state index contributed by atoms with van der Waals surface area (Å²) in [6.07, 6.45) is 1.60. The Bertz CT molecular complexity index is 785. The van der Waals surface area contributed by atoms with Gasteiger partial charge in [-0.25, -0.2) is 9.97 Å². The van der Waals surface area contributed by atoms with Gasteiger partial charge in [-0.3, -0.25) is 0 Å². The van der Waals surface area contributed by atoms with Crippen LogP contribution in [0.5, 0.6) is 0 Å². The molecule has 92 valence electrons. The van der Waals surface area contributed by atoms with Crippen molar-refractivity contribution in [3.05, 3.63) is 47.8 Å². The molecule has 0 amide bonds. The molecular formula is C14H10N4S. The van der Waals surface area contributed by atoms with E-state index in [1.165, 1.54) is 5.56 Å². The van der Waals surface area contributed by atoms with Crippen LogP contribution in [-0.4, -0.2) is 9.97 Å². The fourth-order valence-corrected chi connectivity index (χ4v) is 2.77. The lowest BCUT2D eigenvalue weighted by molar-refractivity contribution is 1.26. The highest BCUT2D eigenvalue weighted by Crippen LogP contribution is 2.29. The summed E-state index contributed by atoms with van der Waals surface area (Å²) in [7, 11) is 0. The van der Waals surface area contributed by atoms with E-state index in [2.05, 4.69) is 34.3 Å². The number of nitrogens with one attached hydrogen (secondary N) is 1. The molecule has 3 aromatic rings. The van der Waals surface area contributed by atoms with Crippen molar-refractivity contribution in [2.24, 2.45) is 0 Å². The van der Waals surface area contributed by atoms with Gasteiger partial charge in [-0.2, -0.15) is 5.26 Å². The van der Waals surface area contributed by atoms with E-state index >= 15 is 0 Å². The average Bonchev–Trinajstić information content (AvgIpc) is 2.80. The van der Waals surface area contributed by atoms with Gasteiger partial charge in [0.25, 0.3) is 0 Å². The molecule has 0 atom stereocenters. The Balaban J connectivity index is 1.99. The van der Waals surface area contributed by atoms with Gasteiger partial charge in [0.1, 0.15) is 6.07 Å². The summed E-state index contributed by atoms with van der Waals surface area (Å²) in [5, 5.41) is 12.9. The van der Waals surface area contributed by atoms with E-state index in [-0.39, 0.29) is 0 Å². The number of aryl methyl sites for hydroxylation is 1. The van der Waals surface area contributed by atoms with Gasteiger partial charge in [0.05, 0.1) is 15.9 Å². The topological polar surface area (TPSA) is 61.6 Å². The van der Waals surface area contributed by atoms with Gasteiger partial charge < -0.3 is 5.32 Å². The second kappa shape index (κ2) is 4.67. The number of aromatic nitrogens is 2. The molecule has 0 bridgehead atoms. The number of anilines is 2. The van der Waals surface area contributed by atoms with Crippen LogP contribution in [0.15, 0.2) is 36.5 Å². The van der Waals surface area contributed by atoms with Crippen LogP contribution in [-0.2, 0) is 0 Å². The predicted molar refractivity (Wildman–Crippen MR) is 76.6 cm³/mol. The molecule has 1 N–H and O–H groups in total. The third-order valence-corrected chi connectivity index (χ3v) is 3.63. The van der Waals surface area contributed by atoms with Crippen LogP contribution in [0.3, 0.4) is 0 Å². The molecule has 1 aromatic carbocycles. The number of fused-ring (bicyclic) bond motifs is 1. The number of pyridine rings is 1. The number of nitriles is 1. The minimum atomic E-state index is 0.373. The van der Waals surface area contributed by atoms with E-state index in [0.717, 1.165) is 15.3 Å². The lowest BCUT2D eigenvalue weighted by Crippen LogP contribution is -1.94. The Hall–Kier alpha value is -2.45. The van der Waals surface area contributed by atoms with Crippen LogP contribution in [0.25, 0.3) is 10.2 Å². The van der Waals surface area contributed by atoms with E-state index in [9.17, 15) is 0 Å². The SMILES string of the molecule is Cc1ccc2nc(Nc3cccnc3C#N)sc2c1. The smallest absolute Gasteiger partial charge is 0.188 e. The molecule has 0 aliphatic rings. The third-order valence-electron chi connectivity index (χ3n) is 2.70. The summed E-state index contributed by atoms with van der Waals surface area (Å²) in [5.41, 5.74) is 3.22. The fourth-order valence-electron chi connectivity index (χ4n) is 1.80. The van der Waals surface area contributed by atoms with Crippen molar-refractivity contribution in [3.63, 3.8) is 0 Å². The standard InChI is InChI=1S/C14H10N4S/c1-9-4-5-11-13(7-9)19-14(18-11)17-10-3-2-6-16-12(10)8-15/h2-7H,1H3,(H,17,18). The zero-order valence-electron chi connectivity index (χ0n) is 10.2. The highest BCUT2D eigenvalue weighted by Gasteiger charge is 2.07. The molecule has 0 radical (unpaired) electrons. The van der Waals surface area contributed by atoms with Gasteiger partial charge in [-0.15, -0.1) is 0 Å². The molecule has 3 rings (SSSR count). The van der Waals surface area contributed by atoms with E-state index < -0.39 is 0 Å². The largest absolute Gasteiger partial charge is 0.329 e. The van der Waals surface area contributed by atoms with Crippen LogP contribution in [0.2, 0.25) is 0 Å². The van der Waals surface area contributed by atoms with Gasteiger partial charge in [0.15, 0.2) is 10.8 Å². The molecule has 0 aliphatic carbocycles. The monoisotopic (exact) mass is 266 g/mol. The zero-order chi connectivity index (χ0) is 13.2. The summed E-state index contributed by atoms with van der Waals surface area (Å²) in [4.78, 5) is 8.51. The first-order valence-corrected chi connectivity index (χ1v) is 6.57. The lowest BCUT2D eigenvalue weighted by Gasteiger charge is -2.02. The molecule has 5 heteroatoms. The number of benzene rings is 1. The molecular weight excluding hydrogens is 256 g/mol. The van der Waals surface area contributed by atoms with Crippen molar-refractivity contribution in [1.29, 1.82) is 5.26 Å². The highest BCUT2D eigenvalue weighted by molar-refractivity contribution is 7.22. The van der Waals surface area contributed by atoms with Crippen LogP contribution in [0.4, 0.5) is 10.8 Å². The first kappa shape index (κ1) is 11.6. The van der Waals surface area contributed by atoms with Gasteiger partial charge in [-0.1, -0.05) is 17.4 Å². The van der Waals surface area contributed by atoms with Gasteiger partial charge in [0, 0.05) is 6.20 Å². The van der Waals surface area contributed by atoms with Gasteiger partial charge in [-0.05, 0) is 36.8 Å². The maximum absolute atomic E-state index is 9.00. The van der Waals surface area contributed by atoms with Crippen molar-refractivity contribution in [1.82, 2.24) is 9.97 Å². The second-order valence-corrected chi connectivity index (χ2v) is 5.16. The minimum Gasteiger partial charge on any atom is -0.329 e. The molecule has 0 spiro atoms. The maximum atomic E-state index is 9.00. The lowest BCUT2D eigenvalue weighted by atomic mass is 10.2. The first-order valence-electron chi connectivity index (χ1n) is 5.75. The molecule has 0 saturated carbocycles. The van der Waals surface area contributed by atoms with Gasteiger partial charge >= 0.3 is 0 Å². The Morgan fingerprint density at radius 1 is 1.32 bits per heavy atom. The van der Waals surface area contributed by atoms with Crippen molar-refractivity contribution >= 4 is 32.4 Å². The Kier molecular flexibility index (Phi) is 2.86. The van der Waals surface area contributed by atoms with Crippen LogP contribution < -0.4 is 5.32 Å². The summed E-state index contributed by atoms with van der Waals surface area (Å²) >= 11 is 1.57. The van der Waals surface area contributed by atoms with E-state index in [1.54, 1.807) is 23.6 Å². The summed E-state index contributed by atoms with van der Waals surface area (Å²) in [5.74, 6) is 0. The first-order chi connectivity index (χ1) is 9.26. The molecule has 0 unspecified atom stereocenters.